The molecule has 5 heteroatoms. The lowest BCUT2D eigenvalue weighted by molar-refractivity contribution is -0.144. The van der Waals surface area contributed by atoms with Gasteiger partial charge in [-0.3, -0.25) is 9.69 Å². The molecule has 0 aromatic carbocycles. The summed E-state index contributed by atoms with van der Waals surface area (Å²) in [4.78, 5) is 16.4. The molecular formula is C14H23N3O2. The van der Waals surface area contributed by atoms with Gasteiger partial charge in [0.15, 0.2) is 0 Å². The van der Waals surface area contributed by atoms with Crippen LogP contribution >= 0.6 is 0 Å². The Hall–Kier alpha value is -1.12. The van der Waals surface area contributed by atoms with Crippen LogP contribution in [-0.2, 0) is 9.53 Å². The predicted octanol–water partition coefficient (Wildman–Crippen LogP) is 1.00. The van der Waals surface area contributed by atoms with E-state index in [1.165, 1.54) is 0 Å². The Morgan fingerprint density at radius 3 is 2.53 bits per heavy atom. The summed E-state index contributed by atoms with van der Waals surface area (Å²) in [7, 11) is 0. The van der Waals surface area contributed by atoms with Crippen LogP contribution in [0, 0.1) is 11.3 Å². The van der Waals surface area contributed by atoms with Crippen molar-refractivity contribution < 1.29 is 9.53 Å². The fourth-order valence-corrected chi connectivity index (χ4v) is 2.68. The van der Waals surface area contributed by atoms with Gasteiger partial charge in [0.2, 0.25) is 5.91 Å². The molecule has 0 N–H and O–H groups in total. The van der Waals surface area contributed by atoms with Crippen LogP contribution in [0.4, 0.5) is 0 Å². The molecule has 1 saturated heterocycles. The summed E-state index contributed by atoms with van der Waals surface area (Å²) in [5, 5.41) is 8.68. The van der Waals surface area contributed by atoms with Crippen LogP contribution in [0.15, 0.2) is 0 Å². The van der Waals surface area contributed by atoms with Crippen molar-refractivity contribution in [2.45, 2.75) is 51.4 Å². The molecule has 2 fully saturated rings. The largest absolute Gasteiger partial charge is 0.372 e. The lowest BCUT2D eigenvalue weighted by Crippen LogP contribution is -2.51. The van der Waals surface area contributed by atoms with Gasteiger partial charge in [-0.05, 0) is 26.7 Å². The molecule has 106 valence electrons. The summed E-state index contributed by atoms with van der Waals surface area (Å²) < 4.78 is 5.65. The van der Waals surface area contributed by atoms with E-state index in [4.69, 9.17) is 10.00 Å². The zero-order valence-corrected chi connectivity index (χ0v) is 11.8. The quantitative estimate of drug-likeness (QED) is 0.744. The molecule has 2 rings (SSSR count). The summed E-state index contributed by atoms with van der Waals surface area (Å²) >= 11 is 0. The Kier molecular flexibility index (Phi) is 4.78. The second kappa shape index (κ2) is 6.36. The van der Waals surface area contributed by atoms with Crippen LogP contribution in [-0.4, -0.2) is 60.1 Å². The van der Waals surface area contributed by atoms with Gasteiger partial charge < -0.3 is 9.64 Å². The third kappa shape index (κ3) is 4.19. The van der Waals surface area contributed by atoms with Crippen molar-refractivity contribution in [1.29, 1.82) is 5.26 Å². The summed E-state index contributed by atoms with van der Waals surface area (Å²) in [6, 6.07) is 2.68. The number of nitrogens with zero attached hydrogens (tertiary/aromatic N) is 3. The van der Waals surface area contributed by atoms with Gasteiger partial charge in [0.05, 0.1) is 24.8 Å². The fourth-order valence-electron chi connectivity index (χ4n) is 2.68. The molecule has 19 heavy (non-hydrogen) atoms. The minimum atomic E-state index is 0.112. The number of ether oxygens (including phenoxy) is 1. The maximum absolute atomic E-state index is 12.3. The number of carbonyl (C=O) groups excluding carboxylic acids is 1. The van der Waals surface area contributed by atoms with Crippen LogP contribution in [0.5, 0.6) is 0 Å². The molecule has 0 bridgehead atoms. The number of nitriles is 1. The molecule has 1 aliphatic carbocycles. The first kappa shape index (κ1) is 14.3. The van der Waals surface area contributed by atoms with Crippen molar-refractivity contribution >= 4 is 5.91 Å². The molecule has 1 amide bonds. The summed E-state index contributed by atoms with van der Waals surface area (Å²) in [5.74, 6) is 0.173. The highest BCUT2D eigenvalue weighted by atomic mass is 16.5. The zero-order valence-electron chi connectivity index (χ0n) is 11.8. The third-order valence-corrected chi connectivity index (χ3v) is 3.68. The van der Waals surface area contributed by atoms with Crippen LogP contribution < -0.4 is 0 Å². The van der Waals surface area contributed by atoms with Gasteiger partial charge in [-0.1, -0.05) is 0 Å². The summed E-state index contributed by atoms with van der Waals surface area (Å²) in [6.45, 7) is 6.53. The highest BCUT2D eigenvalue weighted by Crippen LogP contribution is 2.27. The van der Waals surface area contributed by atoms with Crippen molar-refractivity contribution in [3.63, 3.8) is 0 Å². The number of morpholine rings is 1. The molecule has 1 saturated carbocycles. The van der Waals surface area contributed by atoms with Gasteiger partial charge in [0.25, 0.3) is 0 Å². The van der Waals surface area contributed by atoms with Crippen LogP contribution in [0.25, 0.3) is 0 Å². The highest BCUT2D eigenvalue weighted by Gasteiger charge is 2.32. The molecule has 0 aromatic rings. The molecule has 2 atom stereocenters. The number of hydrogen-bond acceptors (Lipinski definition) is 4. The van der Waals surface area contributed by atoms with Gasteiger partial charge in [-0.15, -0.1) is 0 Å². The smallest absolute Gasteiger partial charge is 0.236 e. The Labute approximate surface area is 115 Å². The molecule has 0 unspecified atom stereocenters. The first-order valence-corrected chi connectivity index (χ1v) is 7.14. The molecule has 0 radical (unpaired) electrons. The molecule has 0 spiro atoms. The monoisotopic (exact) mass is 265 g/mol. The SMILES string of the molecule is C[C@@H]1CN(C(=O)CN(CCC#N)C2CC2)C[C@@H](C)O1. The van der Waals surface area contributed by atoms with Gasteiger partial charge in [-0.25, -0.2) is 0 Å². The lowest BCUT2D eigenvalue weighted by Gasteiger charge is -2.36. The summed E-state index contributed by atoms with van der Waals surface area (Å²) in [5.41, 5.74) is 0. The van der Waals surface area contributed by atoms with Crippen molar-refractivity contribution in [1.82, 2.24) is 9.80 Å². The van der Waals surface area contributed by atoms with Gasteiger partial charge >= 0.3 is 0 Å². The van der Waals surface area contributed by atoms with Crippen LogP contribution in [0.3, 0.4) is 0 Å². The van der Waals surface area contributed by atoms with Gasteiger partial charge in [0.1, 0.15) is 0 Å². The van der Waals surface area contributed by atoms with Crippen molar-refractivity contribution in [3.05, 3.63) is 0 Å². The van der Waals surface area contributed by atoms with Crippen LogP contribution in [0.2, 0.25) is 0 Å². The Morgan fingerprint density at radius 1 is 1.37 bits per heavy atom. The minimum absolute atomic E-state index is 0.112. The maximum atomic E-state index is 12.3. The van der Waals surface area contributed by atoms with Crippen LogP contribution in [0.1, 0.15) is 33.1 Å². The standard InChI is InChI=1S/C14H23N3O2/c1-11-8-17(9-12(2)19-11)14(18)10-16(7-3-6-15)13-4-5-13/h11-13H,3-5,7-10H2,1-2H3/t11-,12-/m1/s1. The average molecular weight is 265 g/mol. The van der Waals surface area contributed by atoms with E-state index in [1.807, 2.05) is 18.7 Å². The zero-order chi connectivity index (χ0) is 13.8. The van der Waals surface area contributed by atoms with Gasteiger partial charge in [-0.2, -0.15) is 5.26 Å². The third-order valence-electron chi connectivity index (χ3n) is 3.68. The van der Waals surface area contributed by atoms with E-state index in [0.717, 1.165) is 12.8 Å². The normalized spacial score (nSPS) is 27.4. The first-order valence-electron chi connectivity index (χ1n) is 7.14. The maximum Gasteiger partial charge on any atom is 0.236 e. The van der Waals surface area contributed by atoms with E-state index in [-0.39, 0.29) is 18.1 Å². The van der Waals surface area contributed by atoms with Crippen molar-refractivity contribution in [3.8, 4) is 6.07 Å². The average Bonchev–Trinajstić information content (AvgIpc) is 3.17. The molecule has 5 nitrogen and oxygen atoms in total. The second-order valence-corrected chi connectivity index (χ2v) is 5.67. The van der Waals surface area contributed by atoms with E-state index < -0.39 is 0 Å². The number of carbonyl (C=O) groups is 1. The van der Waals surface area contributed by atoms with E-state index in [2.05, 4.69) is 11.0 Å². The first-order chi connectivity index (χ1) is 9.10. The van der Waals surface area contributed by atoms with E-state index in [1.54, 1.807) is 0 Å². The second-order valence-electron chi connectivity index (χ2n) is 5.67. The predicted molar refractivity (Wildman–Crippen MR) is 71.4 cm³/mol. The molecular weight excluding hydrogens is 242 g/mol. The minimum Gasteiger partial charge on any atom is -0.372 e. The van der Waals surface area contributed by atoms with Gasteiger partial charge in [0, 0.05) is 32.1 Å². The van der Waals surface area contributed by atoms with Crippen molar-refractivity contribution in [2.75, 3.05) is 26.2 Å². The van der Waals surface area contributed by atoms with E-state index >= 15 is 0 Å². The molecule has 1 heterocycles. The Morgan fingerprint density at radius 2 is 2.00 bits per heavy atom. The lowest BCUT2D eigenvalue weighted by atomic mass is 10.2. The number of rotatable bonds is 5. The summed E-state index contributed by atoms with van der Waals surface area (Å²) in [6.07, 6.45) is 3.05. The number of amides is 1. The molecule has 0 aromatic heterocycles. The Balaban J connectivity index is 1.86. The number of hydrogen-bond donors (Lipinski definition) is 0. The molecule has 2 aliphatic rings. The molecule has 1 aliphatic heterocycles. The Bertz CT molecular complexity index is 352. The topological polar surface area (TPSA) is 56.6 Å². The van der Waals surface area contributed by atoms with E-state index in [0.29, 0.717) is 38.6 Å². The van der Waals surface area contributed by atoms with Crippen molar-refractivity contribution in [2.24, 2.45) is 0 Å². The fraction of sp³-hybridized carbons (Fsp3) is 0.857. The highest BCUT2D eigenvalue weighted by molar-refractivity contribution is 5.78. The van der Waals surface area contributed by atoms with E-state index in [9.17, 15) is 4.79 Å².